The Kier molecular flexibility index (Phi) is 5.62. The lowest BCUT2D eigenvalue weighted by molar-refractivity contribution is -0.133. The van der Waals surface area contributed by atoms with E-state index in [-0.39, 0.29) is 12.3 Å². The van der Waals surface area contributed by atoms with Crippen LogP contribution in [0.1, 0.15) is 18.1 Å². The molecule has 2 amide bonds. The van der Waals surface area contributed by atoms with Crippen LogP contribution in [0, 0.1) is 0 Å². The molecule has 0 saturated carbocycles. The third-order valence-corrected chi connectivity index (χ3v) is 4.26. The van der Waals surface area contributed by atoms with Crippen LogP contribution in [0.25, 0.3) is 0 Å². The van der Waals surface area contributed by atoms with Crippen LogP contribution in [0.15, 0.2) is 48.8 Å². The fourth-order valence-corrected chi connectivity index (χ4v) is 2.93. The molecule has 1 fully saturated rings. The number of nitrogens with two attached hydrogens (primary N) is 1. The van der Waals surface area contributed by atoms with Crippen LogP contribution < -0.4 is 10.6 Å². The quantitative estimate of drug-likeness (QED) is 0.869. The van der Waals surface area contributed by atoms with E-state index in [4.69, 9.17) is 10.5 Å². The first kappa shape index (κ1) is 17.7. The number of hydrogen-bond acceptors (Lipinski definition) is 6. The summed E-state index contributed by atoms with van der Waals surface area (Å²) in [6, 6.07) is 10.9. The van der Waals surface area contributed by atoms with Crippen LogP contribution in [0.4, 0.5) is 10.7 Å². The average Bonchev–Trinajstić information content (AvgIpc) is 2.68. The normalized spacial score (nSPS) is 15.4. The minimum Gasteiger partial charge on any atom is -0.441 e. The third-order valence-electron chi connectivity index (χ3n) is 4.26. The Hall–Kier alpha value is -3.16. The lowest BCUT2D eigenvalue weighted by atomic mass is 10.1. The summed E-state index contributed by atoms with van der Waals surface area (Å²) in [5.41, 5.74) is 5.91. The SMILES string of the molecule is NC(=O)OC(CC(=O)N1CCN(c2ncccn2)CC1)c1ccccc1. The molecule has 0 bridgehead atoms. The number of nitrogens with zero attached hydrogens (tertiary/aromatic N) is 4. The molecule has 0 aliphatic carbocycles. The molecule has 1 aliphatic rings. The van der Waals surface area contributed by atoms with Gasteiger partial charge in [0.15, 0.2) is 0 Å². The van der Waals surface area contributed by atoms with Gasteiger partial charge in [-0.15, -0.1) is 0 Å². The van der Waals surface area contributed by atoms with E-state index in [1.54, 1.807) is 23.4 Å². The number of ether oxygens (including phenoxy) is 1. The smallest absolute Gasteiger partial charge is 0.405 e. The molecule has 136 valence electrons. The second-order valence-electron chi connectivity index (χ2n) is 5.96. The van der Waals surface area contributed by atoms with Gasteiger partial charge in [-0.1, -0.05) is 30.3 Å². The molecule has 0 radical (unpaired) electrons. The predicted octanol–water partition coefficient (Wildman–Crippen LogP) is 1.35. The van der Waals surface area contributed by atoms with E-state index >= 15 is 0 Å². The van der Waals surface area contributed by atoms with Crippen molar-refractivity contribution in [3.8, 4) is 0 Å². The van der Waals surface area contributed by atoms with E-state index in [1.165, 1.54) is 0 Å². The Bertz CT molecular complexity index is 733. The van der Waals surface area contributed by atoms with E-state index in [0.717, 1.165) is 5.56 Å². The predicted molar refractivity (Wildman–Crippen MR) is 95.3 cm³/mol. The summed E-state index contributed by atoms with van der Waals surface area (Å²) in [6.07, 6.45) is 1.89. The highest BCUT2D eigenvalue weighted by Crippen LogP contribution is 2.22. The highest BCUT2D eigenvalue weighted by Gasteiger charge is 2.26. The molecule has 2 heterocycles. The summed E-state index contributed by atoms with van der Waals surface area (Å²) >= 11 is 0. The number of rotatable bonds is 5. The van der Waals surface area contributed by atoms with Crippen LogP contribution in [0.3, 0.4) is 0 Å². The number of amides is 2. The van der Waals surface area contributed by atoms with Gasteiger partial charge < -0.3 is 20.3 Å². The van der Waals surface area contributed by atoms with E-state index in [1.807, 2.05) is 35.2 Å². The van der Waals surface area contributed by atoms with Crippen molar-refractivity contribution in [2.45, 2.75) is 12.5 Å². The molecule has 1 aliphatic heterocycles. The van der Waals surface area contributed by atoms with Gasteiger partial charge in [0.2, 0.25) is 11.9 Å². The fraction of sp³-hybridized carbons (Fsp3) is 0.333. The Balaban J connectivity index is 1.59. The van der Waals surface area contributed by atoms with Crippen LogP contribution in [0.2, 0.25) is 0 Å². The minimum atomic E-state index is -0.891. The molecule has 8 heteroatoms. The van der Waals surface area contributed by atoms with E-state index in [9.17, 15) is 9.59 Å². The maximum absolute atomic E-state index is 12.7. The molecule has 3 rings (SSSR count). The maximum Gasteiger partial charge on any atom is 0.405 e. The van der Waals surface area contributed by atoms with Crippen molar-refractivity contribution in [2.75, 3.05) is 31.1 Å². The summed E-state index contributed by atoms with van der Waals surface area (Å²) in [4.78, 5) is 36.1. The monoisotopic (exact) mass is 355 g/mol. The van der Waals surface area contributed by atoms with Crippen molar-refractivity contribution in [3.63, 3.8) is 0 Å². The number of carbonyl (C=O) groups is 2. The maximum atomic E-state index is 12.7. The summed E-state index contributed by atoms with van der Waals surface area (Å²) in [5.74, 6) is 0.590. The number of piperazine rings is 1. The topological polar surface area (TPSA) is 102 Å². The van der Waals surface area contributed by atoms with Crippen molar-refractivity contribution in [1.29, 1.82) is 0 Å². The minimum absolute atomic E-state index is 0.0643. The Morgan fingerprint density at radius 1 is 1.04 bits per heavy atom. The first-order valence-electron chi connectivity index (χ1n) is 8.44. The molecule has 2 aromatic rings. The Morgan fingerprint density at radius 2 is 1.69 bits per heavy atom. The van der Waals surface area contributed by atoms with Crippen molar-refractivity contribution in [3.05, 3.63) is 54.4 Å². The van der Waals surface area contributed by atoms with Gasteiger partial charge in [0, 0.05) is 38.6 Å². The van der Waals surface area contributed by atoms with Gasteiger partial charge in [0.1, 0.15) is 6.10 Å². The molecule has 26 heavy (non-hydrogen) atoms. The molecule has 1 aromatic heterocycles. The lowest BCUT2D eigenvalue weighted by Gasteiger charge is -2.35. The highest BCUT2D eigenvalue weighted by molar-refractivity contribution is 5.77. The van der Waals surface area contributed by atoms with Gasteiger partial charge >= 0.3 is 6.09 Å². The summed E-state index contributed by atoms with van der Waals surface area (Å²) in [5, 5.41) is 0. The molecule has 1 aromatic carbocycles. The van der Waals surface area contributed by atoms with Crippen LogP contribution in [0.5, 0.6) is 0 Å². The second kappa shape index (κ2) is 8.28. The average molecular weight is 355 g/mol. The number of aromatic nitrogens is 2. The summed E-state index contributed by atoms with van der Waals surface area (Å²) in [7, 11) is 0. The molecule has 1 saturated heterocycles. The molecule has 0 spiro atoms. The van der Waals surface area contributed by atoms with E-state index < -0.39 is 12.2 Å². The first-order valence-corrected chi connectivity index (χ1v) is 8.44. The van der Waals surface area contributed by atoms with Crippen LogP contribution >= 0.6 is 0 Å². The van der Waals surface area contributed by atoms with Crippen molar-refractivity contribution in [1.82, 2.24) is 14.9 Å². The molecule has 1 atom stereocenters. The van der Waals surface area contributed by atoms with Crippen molar-refractivity contribution in [2.24, 2.45) is 5.73 Å². The van der Waals surface area contributed by atoms with Gasteiger partial charge in [-0.25, -0.2) is 14.8 Å². The summed E-state index contributed by atoms with van der Waals surface area (Å²) < 4.78 is 5.15. The first-order chi connectivity index (χ1) is 12.6. The number of anilines is 1. The van der Waals surface area contributed by atoms with Gasteiger partial charge in [-0.05, 0) is 11.6 Å². The molecule has 1 unspecified atom stereocenters. The molecule has 8 nitrogen and oxygen atoms in total. The zero-order chi connectivity index (χ0) is 18.4. The zero-order valence-electron chi connectivity index (χ0n) is 14.3. The molecular formula is C18H21N5O3. The van der Waals surface area contributed by atoms with Gasteiger partial charge in [0.05, 0.1) is 6.42 Å². The summed E-state index contributed by atoms with van der Waals surface area (Å²) in [6.45, 7) is 2.44. The largest absolute Gasteiger partial charge is 0.441 e. The standard InChI is InChI=1S/C18H21N5O3/c19-17(25)26-15(14-5-2-1-3-6-14)13-16(24)22-9-11-23(12-10-22)18-20-7-4-8-21-18/h1-8,15H,9-13H2,(H2,19,25). The van der Waals surface area contributed by atoms with Gasteiger partial charge in [-0.2, -0.15) is 0 Å². The van der Waals surface area contributed by atoms with E-state index in [2.05, 4.69) is 9.97 Å². The number of hydrogen-bond donors (Lipinski definition) is 1. The highest BCUT2D eigenvalue weighted by atomic mass is 16.6. The Morgan fingerprint density at radius 3 is 2.31 bits per heavy atom. The Labute approximate surface area is 151 Å². The van der Waals surface area contributed by atoms with Crippen molar-refractivity contribution < 1.29 is 14.3 Å². The number of primary amides is 1. The molecule has 2 N–H and O–H groups in total. The lowest BCUT2D eigenvalue weighted by Crippen LogP contribution is -2.49. The second-order valence-corrected chi connectivity index (χ2v) is 5.96. The van der Waals surface area contributed by atoms with Crippen LogP contribution in [-0.4, -0.2) is 53.0 Å². The van der Waals surface area contributed by atoms with Gasteiger partial charge in [0.25, 0.3) is 0 Å². The molecular weight excluding hydrogens is 334 g/mol. The van der Waals surface area contributed by atoms with Gasteiger partial charge in [-0.3, -0.25) is 4.79 Å². The number of carbonyl (C=O) groups excluding carboxylic acids is 2. The third kappa shape index (κ3) is 4.47. The zero-order valence-corrected chi connectivity index (χ0v) is 14.3. The number of benzene rings is 1. The fourth-order valence-electron chi connectivity index (χ4n) is 2.93. The van der Waals surface area contributed by atoms with Crippen molar-refractivity contribution >= 4 is 17.9 Å². The van der Waals surface area contributed by atoms with Crippen LogP contribution in [-0.2, 0) is 9.53 Å². The van der Waals surface area contributed by atoms with E-state index in [0.29, 0.717) is 32.1 Å².